The predicted octanol–water partition coefficient (Wildman–Crippen LogP) is 0.374. The average molecular weight is 293 g/mol. The van der Waals surface area contributed by atoms with Gasteiger partial charge in [-0.15, -0.1) is 4.40 Å². The van der Waals surface area contributed by atoms with E-state index in [1.165, 1.54) is 26.1 Å². The number of rotatable bonds is 0. The Balaban J connectivity index is 2.26. The molecule has 0 aromatic heterocycles. The highest BCUT2D eigenvalue weighted by Gasteiger charge is 2.32. The summed E-state index contributed by atoms with van der Waals surface area (Å²) in [6, 6.07) is 2.82. The van der Waals surface area contributed by atoms with Gasteiger partial charge in [-0.2, -0.15) is 8.42 Å². The third-order valence-electron chi connectivity index (χ3n) is 3.31. The van der Waals surface area contributed by atoms with Crippen LogP contribution in [0.2, 0.25) is 0 Å². The van der Waals surface area contributed by atoms with Gasteiger partial charge >= 0.3 is 0 Å². The first-order valence-electron chi connectivity index (χ1n) is 5.86. The van der Waals surface area contributed by atoms with Gasteiger partial charge in [0, 0.05) is 12.6 Å². The second-order valence-corrected chi connectivity index (χ2v) is 6.29. The zero-order valence-electron chi connectivity index (χ0n) is 10.8. The molecule has 1 aromatic carbocycles. The van der Waals surface area contributed by atoms with Crippen molar-refractivity contribution in [1.82, 2.24) is 4.90 Å². The number of fused-ring (bicyclic) bond motifs is 2. The zero-order chi connectivity index (χ0) is 14.7. The van der Waals surface area contributed by atoms with Gasteiger partial charge in [0.25, 0.3) is 15.9 Å². The number of hydrogen-bond acceptors (Lipinski definition) is 5. The van der Waals surface area contributed by atoms with E-state index in [1.54, 1.807) is 0 Å². The fraction of sp³-hybridized carbons (Fsp3) is 0.250. The molecule has 20 heavy (non-hydrogen) atoms. The number of amidine groups is 1. The van der Waals surface area contributed by atoms with Crippen LogP contribution in [0.25, 0.3) is 0 Å². The Morgan fingerprint density at radius 3 is 2.70 bits per heavy atom. The molecular weight excluding hydrogens is 282 g/mol. The summed E-state index contributed by atoms with van der Waals surface area (Å²) in [5.41, 5.74) is 1.10. The van der Waals surface area contributed by atoms with Crippen LogP contribution < -0.4 is 5.32 Å². The van der Waals surface area contributed by atoms with Crippen molar-refractivity contribution in [1.29, 1.82) is 0 Å². The predicted molar refractivity (Wildman–Crippen MR) is 71.2 cm³/mol. The molecule has 2 aliphatic rings. The van der Waals surface area contributed by atoms with Crippen LogP contribution in [0.3, 0.4) is 0 Å². The highest BCUT2D eigenvalue weighted by molar-refractivity contribution is 7.90. The quantitative estimate of drug-likeness (QED) is 0.697. The maximum absolute atomic E-state index is 12.0. The first kappa shape index (κ1) is 12.8. The number of carbonyl (C=O) groups is 2. The molecule has 104 valence electrons. The van der Waals surface area contributed by atoms with E-state index in [1.807, 2.05) is 0 Å². The van der Waals surface area contributed by atoms with Gasteiger partial charge in [0.2, 0.25) is 5.91 Å². The van der Waals surface area contributed by atoms with Gasteiger partial charge in [-0.1, -0.05) is 0 Å². The van der Waals surface area contributed by atoms with Gasteiger partial charge in [-0.25, -0.2) is 0 Å². The molecule has 0 spiro atoms. The van der Waals surface area contributed by atoms with Crippen LogP contribution in [0.1, 0.15) is 22.8 Å². The van der Waals surface area contributed by atoms with Crippen LogP contribution in [-0.4, -0.2) is 38.0 Å². The number of amides is 2. The summed E-state index contributed by atoms with van der Waals surface area (Å²) in [5, 5.41) is 2.84. The number of likely N-dealkylation sites (N-methyl/N-ethyl adjacent to an activating group) is 1. The summed E-state index contributed by atoms with van der Waals surface area (Å²) in [7, 11) is -2.43. The van der Waals surface area contributed by atoms with E-state index in [4.69, 9.17) is 0 Å². The minimum Gasteiger partial charge on any atom is -0.342 e. The largest absolute Gasteiger partial charge is 0.342 e. The normalized spacial score (nSPS) is 19.9. The topological polar surface area (TPSA) is 95.9 Å². The summed E-state index contributed by atoms with van der Waals surface area (Å²) in [5.74, 6) is -0.560. The number of anilines is 1. The third-order valence-corrected chi connectivity index (χ3v) is 4.71. The summed E-state index contributed by atoms with van der Waals surface area (Å²) in [4.78, 5) is 24.7. The molecule has 0 bridgehead atoms. The lowest BCUT2D eigenvalue weighted by atomic mass is 9.98. The Morgan fingerprint density at radius 2 is 2.00 bits per heavy atom. The molecule has 0 unspecified atom stereocenters. The van der Waals surface area contributed by atoms with Crippen LogP contribution in [-0.2, 0) is 21.2 Å². The summed E-state index contributed by atoms with van der Waals surface area (Å²) in [6.45, 7) is 1.53. The second kappa shape index (κ2) is 3.89. The molecule has 0 atom stereocenters. The number of carbonyl (C=O) groups excluding carboxylic acids is 2. The number of nitrogens with zero attached hydrogens (tertiary/aromatic N) is 2. The Labute approximate surface area is 115 Å². The van der Waals surface area contributed by atoms with Crippen molar-refractivity contribution in [3.8, 4) is 0 Å². The lowest BCUT2D eigenvalue weighted by molar-refractivity contribution is -0.127. The van der Waals surface area contributed by atoms with Crippen molar-refractivity contribution in [3.05, 3.63) is 23.3 Å². The first-order valence-corrected chi connectivity index (χ1v) is 7.30. The lowest BCUT2D eigenvalue weighted by Gasteiger charge is -2.25. The molecular formula is C12H11N3O4S. The molecule has 2 aliphatic heterocycles. The van der Waals surface area contributed by atoms with Crippen molar-refractivity contribution in [3.63, 3.8) is 0 Å². The molecule has 0 saturated carbocycles. The first-order chi connectivity index (χ1) is 9.29. The minimum atomic E-state index is -3.81. The highest BCUT2D eigenvalue weighted by atomic mass is 32.2. The van der Waals surface area contributed by atoms with Crippen LogP contribution in [0, 0.1) is 0 Å². The number of imide groups is 1. The Kier molecular flexibility index (Phi) is 2.49. The molecule has 0 saturated heterocycles. The average Bonchev–Trinajstić information content (AvgIpc) is 2.33. The fourth-order valence-electron chi connectivity index (χ4n) is 2.30. The molecule has 1 N–H and O–H groups in total. The van der Waals surface area contributed by atoms with E-state index in [0.29, 0.717) is 11.3 Å². The van der Waals surface area contributed by atoms with Gasteiger partial charge in [0.05, 0.1) is 12.1 Å². The van der Waals surface area contributed by atoms with Gasteiger partial charge in [-0.05, 0) is 24.6 Å². The van der Waals surface area contributed by atoms with Crippen molar-refractivity contribution in [2.45, 2.75) is 18.2 Å². The standard InChI is InChI=1S/C12H11N3O4S/c1-6-13-9-3-7-4-11(16)15(2)12(17)8(7)5-10(9)20(18,19)14-6/h3,5H,4H2,1-2H3,(H,13,14). The molecule has 7 nitrogen and oxygen atoms in total. The van der Waals surface area contributed by atoms with Crippen molar-refractivity contribution in [2.24, 2.45) is 4.40 Å². The van der Waals surface area contributed by atoms with E-state index in [-0.39, 0.29) is 28.6 Å². The van der Waals surface area contributed by atoms with E-state index < -0.39 is 15.9 Å². The second-order valence-electron chi connectivity index (χ2n) is 4.72. The molecule has 2 heterocycles. The molecule has 8 heteroatoms. The van der Waals surface area contributed by atoms with Gasteiger partial charge in [-0.3, -0.25) is 14.5 Å². The monoisotopic (exact) mass is 293 g/mol. The zero-order valence-corrected chi connectivity index (χ0v) is 11.6. The fourth-order valence-corrected chi connectivity index (χ4v) is 3.46. The Hall–Kier alpha value is -2.22. The maximum atomic E-state index is 12.0. The van der Waals surface area contributed by atoms with Crippen LogP contribution >= 0.6 is 0 Å². The van der Waals surface area contributed by atoms with Crippen molar-refractivity contribution >= 4 is 33.4 Å². The smallest absolute Gasteiger partial charge is 0.286 e. The van der Waals surface area contributed by atoms with Gasteiger partial charge < -0.3 is 5.32 Å². The third kappa shape index (κ3) is 1.72. The molecule has 0 fully saturated rings. The number of hydrogen-bond donors (Lipinski definition) is 1. The summed E-state index contributed by atoms with van der Waals surface area (Å²) >= 11 is 0. The van der Waals surface area contributed by atoms with Crippen molar-refractivity contribution in [2.75, 3.05) is 12.4 Å². The molecule has 0 aliphatic carbocycles. The number of sulfonamides is 1. The van der Waals surface area contributed by atoms with Gasteiger partial charge in [0.15, 0.2) is 0 Å². The number of nitrogens with one attached hydrogen (secondary N) is 1. The minimum absolute atomic E-state index is 0.0436. The van der Waals surface area contributed by atoms with Crippen LogP contribution in [0.4, 0.5) is 5.69 Å². The van der Waals surface area contributed by atoms with Crippen LogP contribution in [0.5, 0.6) is 0 Å². The van der Waals surface area contributed by atoms with E-state index in [0.717, 1.165) is 4.90 Å². The highest BCUT2D eigenvalue weighted by Crippen LogP contribution is 2.32. The lowest BCUT2D eigenvalue weighted by Crippen LogP contribution is -2.39. The van der Waals surface area contributed by atoms with Crippen molar-refractivity contribution < 1.29 is 18.0 Å². The molecule has 3 rings (SSSR count). The SMILES string of the molecule is CC1=NS(=O)(=O)c2cc3c(cc2N1)CC(=O)N(C)C3=O. The Morgan fingerprint density at radius 1 is 1.30 bits per heavy atom. The molecule has 1 aromatic rings. The van der Waals surface area contributed by atoms with Gasteiger partial charge in [0.1, 0.15) is 10.7 Å². The molecule has 2 amide bonds. The number of benzene rings is 1. The maximum Gasteiger partial charge on any atom is 0.286 e. The van der Waals surface area contributed by atoms with E-state index in [2.05, 4.69) is 9.71 Å². The van der Waals surface area contributed by atoms with Crippen LogP contribution in [0.15, 0.2) is 21.4 Å². The Bertz CT molecular complexity index is 795. The van der Waals surface area contributed by atoms with E-state index in [9.17, 15) is 18.0 Å². The van der Waals surface area contributed by atoms with E-state index >= 15 is 0 Å². The summed E-state index contributed by atoms with van der Waals surface area (Å²) < 4.78 is 27.6. The molecule has 0 radical (unpaired) electrons. The summed E-state index contributed by atoms with van der Waals surface area (Å²) in [6.07, 6.45) is 0.0722.